The van der Waals surface area contributed by atoms with Crippen LogP contribution in [0.2, 0.25) is 0 Å². The van der Waals surface area contributed by atoms with Crippen LogP contribution >= 0.6 is 0 Å². The van der Waals surface area contributed by atoms with Crippen molar-refractivity contribution in [2.75, 3.05) is 28.4 Å². The second-order valence-corrected chi connectivity index (χ2v) is 9.15. The molecule has 0 aliphatic heterocycles. The number of carbonyl (C=O) groups excluding carboxylic acids is 2. The Morgan fingerprint density at radius 2 is 1.54 bits per heavy atom. The molecule has 2 aromatic carbocycles. The number of ether oxygens (including phenoxy) is 5. The lowest BCUT2D eigenvalue weighted by atomic mass is 9.95. The van der Waals surface area contributed by atoms with Crippen LogP contribution in [-0.2, 0) is 20.8 Å². The summed E-state index contributed by atoms with van der Waals surface area (Å²) in [6.45, 7) is 5.04. The summed E-state index contributed by atoms with van der Waals surface area (Å²) >= 11 is 0. The summed E-state index contributed by atoms with van der Waals surface area (Å²) < 4.78 is 28.0. The predicted octanol–water partition coefficient (Wildman–Crippen LogP) is 3.92. The van der Waals surface area contributed by atoms with Crippen molar-refractivity contribution in [3.63, 3.8) is 0 Å². The van der Waals surface area contributed by atoms with Gasteiger partial charge in [0.2, 0.25) is 5.75 Å². The van der Waals surface area contributed by atoms with Crippen molar-refractivity contribution in [1.82, 2.24) is 4.57 Å². The van der Waals surface area contributed by atoms with Gasteiger partial charge in [0.15, 0.2) is 11.5 Å². The number of benzene rings is 2. The maximum atomic E-state index is 13.6. The summed E-state index contributed by atoms with van der Waals surface area (Å²) in [7, 11) is 5.58. The highest BCUT2D eigenvalue weighted by Crippen LogP contribution is 2.43. The van der Waals surface area contributed by atoms with E-state index in [1.54, 1.807) is 32.9 Å². The number of esters is 2. The number of pyridine rings is 1. The molecule has 10 nitrogen and oxygen atoms in total. The maximum absolute atomic E-state index is 13.6. The van der Waals surface area contributed by atoms with E-state index in [2.05, 4.69) is 0 Å². The molecule has 3 rings (SSSR count). The van der Waals surface area contributed by atoms with Crippen molar-refractivity contribution in [2.45, 2.75) is 39.3 Å². The van der Waals surface area contributed by atoms with Crippen LogP contribution in [0, 0.1) is 0 Å². The fourth-order valence-corrected chi connectivity index (χ4v) is 4.07. The van der Waals surface area contributed by atoms with E-state index in [1.165, 1.54) is 46.6 Å². The number of hydrogen-bond donors (Lipinski definition) is 1. The second-order valence-electron chi connectivity index (χ2n) is 9.15. The van der Waals surface area contributed by atoms with E-state index in [-0.39, 0.29) is 29.8 Å². The molecule has 1 aromatic heterocycles. The molecule has 1 N–H and O–H groups in total. The predicted molar refractivity (Wildman–Crippen MR) is 137 cm³/mol. The van der Waals surface area contributed by atoms with Crippen LogP contribution < -0.4 is 19.8 Å². The van der Waals surface area contributed by atoms with Gasteiger partial charge in [-0.25, -0.2) is 4.79 Å². The number of nitrogens with zero attached hydrogens (tertiary/aromatic N) is 1. The Hall–Kier alpha value is -4.21. The van der Waals surface area contributed by atoms with E-state index in [9.17, 15) is 19.5 Å². The second kappa shape index (κ2) is 10.8. The Morgan fingerprint density at radius 3 is 2.05 bits per heavy atom. The molecule has 0 bridgehead atoms. The zero-order valence-electron chi connectivity index (χ0n) is 22.0. The highest BCUT2D eigenvalue weighted by Gasteiger charge is 2.27. The zero-order valence-corrected chi connectivity index (χ0v) is 22.0. The standard InChI is InChI=1S/C27H31NO9/c1-27(2,3)37-21(30)10-11-28-23(26(32)36-7)22(17-9-8-16(29)14-18(17)25(28)31)15-12-19(33-4)24(35-6)20(13-15)34-5/h8-9,12-14,29H,10-11H2,1-7H3. The highest BCUT2D eigenvalue weighted by atomic mass is 16.6. The first-order valence-corrected chi connectivity index (χ1v) is 11.5. The summed E-state index contributed by atoms with van der Waals surface area (Å²) in [5.41, 5.74) is -0.597. The SMILES string of the molecule is COC(=O)c1c(-c2cc(OC)c(OC)c(OC)c2)c2ccc(O)cc2c(=O)n1CCC(=O)OC(C)(C)C. The highest BCUT2D eigenvalue weighted by molar-refractivity contribution is 6.07. The van der Waals surface area contributed by atoms with Gasteiger partial charge < -0.3 is 33.4 Å². The summed E-state index contributed by atoms with van der Waals surface area (Å²) in [6, 6.07) is 7.53. The molecule has 0 atom stereocenters. The number of phenols is 1. The van der Waals surface area contributed by atoms with Gasteiger partial charge in [0, 0.05) is 12.1 Å². The minimum absolute atomic E-state index is 0.0801. The van der Waals surface area contributed by atoms with E-state index < -0.39 is 23.1 Å². The summed E-state index contributed by atoms with van der Waals surface area (Å²) in [6.07, 6.45) is -0.180. The van der Waals surface area contributed by atoms with Gasteiger partial charge in [0.25, 0.3) is 5.56 Å². The van der Waals surface area contributed by atoms with Gasteiger partial charge in [-0.05, 0) is 62.1 Å². The molecular weight excluding hydrogens is 482 g/mol. The molecule has 1 heterocycles. The maximum Gasteiger partial charge on any atom is 0.355 e. The molecule has 0 spiro atoms. The minimum atomic E-state index is -0.792. The monoisotopic (exact) mass is 513 g/mol. The molecule has 198 valence electrons. The molecule has 10 heteroatoms. The fourth-order valence-electron chi connectivity index (χ4n) is 4.07. The molecule has 0 aliphatic rings. The molecular formula is C27H31NO9. The van der Waals surface area contributed by atoms with Crippen LogP contribution in [-0.4, -0.2) is 55.7 Å². The number of fused-ring (bicyclic) bond motifs is 1. The molecule has 0 unspecified atom stereocenters. The number of carbonyl (C=O) groups is 2. The first-order valence-electron chi connectivity index (χ1n) is 11.5. The molecule has 37 heavy (non-hydrogen) atoms. The Labute approximate surface area is 214 Å². The van der Waals surface area contributed by atoms with E-state index in [0.29, 0.717) is 33.8 Å². The summed E-state index contributed by atoms with van der Waals surface area (Å²) in [4.78, 5) is 39.2. The number of methoxy groups -OCH3 is 4. The van der Waals surface area contributed by atoms with Gasteiger partial charge in [-0.15, -0.1) is 0 Å². The van der Waals surface area contributed by atoms with Gasteiger partial charge in [0.1, 0.15) is 17.0 Å². The summed E-state index contributed by atoms with van der Waals surface area (Å²) in [5.74, 6) is -0.476. The Morgan fingerprint density at radius 1 is 0.919 bits per heavy atom. The third kappa shape index (κ3) is 5.63. The third-order valence-corrected chi connectivity index (χ3v) is 5.55. The average molecular weight is 514 g/mol. The van der Waals surface area contributed by atoms with Crippen molar-refractivity contribution in [3.8, 4) is 34.1 Å². The molecule has 0 fully saturated rings. The quantitative estimate of drug-likeness (QED) is 0.447. The number of aromatic nitrogens is 1. The largest absolute Gasteiger partial charge is 0.508 e. The van der Waals surface area contributed by atoms with E-state index in [4.69, 9.17) is 23.7 Å². The smallest absolute Gasteiger partial charge is 0.355 e. The minimum Gasteiger partial charge on any atom is -0.508 e. The van der Waals surface area contributed by atoms with Crippen molar-refractivity contribution in [1.29, 1.82) is 0 Å². The van der Waals surface area contributed by atoms with Crippen molar-refractivity contribution >= 4 is 22.7 Å². The first kappa shape index (κ1) is 27.4. The third-order valence-electron chi connectivity index (χ3n) is 5.55. The fraction of sp³-hybridized carbons (Fsp3) is 0.370. The van der Waals surface area contributed by atoms with Crippen molar-refractivity contribution in [3.05, 3.63) is 46.4 Å². The van der Waals surface area contributed by atoms with Gasteiger partial charge in [-0.2, -0.15) is 0 Å². The van der Waals surface area contributed by atoms with Gasteiger partial charge >= 0.3 is 11.9 Å². The van der Waals surface area contributed by atoms with Crippen LogP contribution in [0.3, 0.4) is 0 Å². The van der Waals surface area contributed by atoms with E-state index in [1.807, 2.05) is 0 Å². The van der Waals surface area contributed by atoms with Gasteiger partial charge in [0.05, 0.1) is 40.2 Å². The number of aromatic hydroxyl groups is 1. The molecule has 0 aliphatic carbocycles. The van der Waals surface area contributed by atoms with E-state index in [0.717, 1.165) is 4.57 Å². The molecule has 0 saturated carbocycles. The van der Waals surface area contributed by atoms with Crippen molar-refractivity contribution in [2.24, 2.45) is 0 Å². The molecule has 0 amide bonds. The average Bonchev–Trinajstić information content (AvgIpc) is 2.85. The van der Waals surface area contributed by atoms with Gasteiger partial charge in [-0.1, -0.05) is 0 Å². The Bertz CT molecular complexity index is 1370. The number of hydrogen-bond acceptors (Lipinski definition) is 9. The molecule has 0 saturated heterocycles. The van der Waals surface area contributed by atoms with E-state index >= 15 is 0 Å². The zero-order chi connectivity index (χ0) is 27.5. The van der Waals surface area contributed by atoms with Gasteiger partial charge in [-0.3, -0.25) is 9.59 Å². The lowest BCUT2D eigenvalue weighted by Crippen LogP contribution is -2.30. The van der Waals surface area contributed by atoms with Crippen LogP contribution in [0.1, 0.15) is 37.7 Å². The Kier molecular flexibility index (Phi) is 8.00. The molecule has 3 aromatic rings. The molecule has 0 radical (unpaired) electrons. The summed E-state index contributed by atoms with van der Waals surface area (Å²) in [5, 5.41) is 10.7. The lowest BCUT2D eigenvalue weighted by molar-refractivity contribution is -0.155. The van der Waals surface area contributed by atoms with Crippen molar-refractivity contribution < 1.29 is 38.4 Å². The number of rotatable bonds is 8. The number of phenolic OH excluding ortho intramolecular Hbond substituents is 1. The van der Waals surface area contributed by atoms with Crippen LogP contribution in [0.5, 0.6) is 23.0 Å². The van der Waals surface area contributed by atoms with Crippen LogP contribution in [0.25, 0.3) is 21.9 Å². The van der Waals surface area contributed by atoms with Crippen LogP contribution in [0.4, 0.5) is 0 Å². The lowest BCUT2D eigenvalue weighted by Gasteiger charge is -2.22. The topological polar surface area (TPSA) is 123 Å². The Balaban J connectivity index is 2.40. The normalized spacial score (nSPS) is 11.2. The first-order chi connectivity index (χ1) is 17.4. The van der Waals surface area contributed by atoms with Crippen LogP contribution in [0.15, 0.2) is 35.1 Å².